The number of esters is 2. The highest BCUT2D eigenvalue weighted by atomic mass is 35.5. The van der Waals surface area contributed by atoms with E-state index in [1.165, 1.54) is 13.8 Å². The van der Waals surface area contributed by atoms with E-state index in [2.05, 4.69) is 0 Å². The summed E-state index contributed by atoms with van der Waals surface area (Å²) in [6, 6.07) is 13.6. The van der Waals surface area contributed by atoms with Gasteiger partial charge in [-0.3, -0.25) is 14.4 Å². The van der Waals surface area contributed by atoms with E-state index >= 15 is 0 Å². The number of halogens is 2. The quantitative estimate of drug-likeness (QED) is 0.476. The first-order valence-corrected chi connectivity index (χ1v) is 10.4. The zero-order valence-corrected chi connectivity index (χ0v) is 18.0. The number of benzene rings is 2. The summed E-state index contributed by atoms with van der Waals surface area (Å²) >= 11 is 12.1. The summed E-state index contributed by atoms with van der Waals surface area (Å²) in [7, 11) is 0. The molecule has 2 fully saturated rings. The average Bonchev–Trinajstić information content (AvgIpc) is 2.66. The van der Waals surface area contributed by atoms with Gasteiger partial charge in [0.1, 0.15) is 5.78 Å². The number of hydrogen-bond acceptors (Lipinski definition) is 5. The van der Waals surface area contributed by atoms with Gasteiger partial charge in [0, 0.05) is 48.6 Å². The molecule has 2 atom stereocenters. The topological polar surface area (TPSA) is 69.7 Å². The van der Waals surface area contributed by atoms with Crippen molar-refractivity contribution in [2.24, 2.45) is 5.41 Å². The Bertz CT molecular complexity index is 931. The zero-order valence-electron chi connectivity index (χ0n) is 16.5. The highest BCUT2D eigenvalue weighted by Crippen LogP contribution is 2.57. The Morgan fingerprint density at radius 3 is 1.47 bits per heavy atom. The van der Waals surface area contributed by atoms with Gasteiger partial charge in [0.25, 0.3) is 5.79 Å². The van der Waals surface area contributed by atoms with Crippen LogP contribution in [0.4, 0.5) is 0 Å². The van der Waals surface area contributed by atoms with E-state index in [0.29, 0.717) is 21.2 Å². The van der Waals surface area contributed by atoms with Crippen molar-refractivity contribution in [3.8, 4) is 0 Å². The molecule has 5 nitrogen and oxygen atoms in total. The molecule has 2 aromatic rings. The summed E-state index contributed by atoms with van der Waals surface area (Å²) in [5.41, 5.74) is -0.384. The van der Waals surface area contributed by atoms with E-state index in [4.69, 9.17) is 32.7 Å². The minimum absolute atomic E-state index is 0.0242. The van der Waals surface area contributed by atoms with Gasteiger partial charge in [0.2, 0.25) is 0 Å². The number of ketones is 1. The summed E-state index contributed by atoms with van der Waals surface area (Å²) in [6.07, 6.45) is 0.0483. The van der Waals surface area contributed by atoms with Crippen molar-refractivity contribution in [1.82, 2.24) is 0 Å². The minimum atomic E-state index is -1.69. The molecule has 1 aliphatic carbocycles. The minimum Gasteiger partial charge on any atom is -0.422 e. The van der Waals surface area contributed by atoms with Crippen LogP contribution >= 0.6 is 23.2 Å². The molecule has 156 valence electrons. The van der Waals surface area contributed by atoms with Crippen LogP contribution in [0.2, 0.25) is 10.0 Å². The lowest BCUT2D eigenvalue weighted by Crippen LogP contribution is -2.61. The van der Waals surface area contributed by atoms with Crippen LogP contribution in [0.1, 0.15) is 49.7 Å². The molecule has 7 heteroatoms. The summed E-state index contributed by atoms with van der Waals surface area (Å²) in [5.74, 6) is -4.28. The lowest BCUT2D eigenvalue weighted by Gasteiger charge is -2.49. The van der Waals surface area contributed by atoms with Crippen LogP contribution in [0.3, 0.4) is 0 Å². The number of cyclic esters (lactones) is 2. The fourth-order valence-corrected chi connectivity index (χ4v) is 4.80. The van der Waals surface area contributed by atoms with Crippen LogP contribution in [0.5, 0.6) is 0 Å². The second kappa shape index (κ2) is 7.40. The molecule has 1 aliphatic heterocycles. The molecule has 1 heterocycles. The van der Waals surface area contributed by atoms with Gasteiger partial charge in [-0.25, -0.2) is 0 Å². The van der Waals surface area contributed by atoms with Gasteiger partial charge in [-0.15, -0.1) is 0 Å². The molecule has 0 bridgehead atoms. The Hall–Kier alpha value is -2.37. The molecule has 2 unspecified atom stereocenters. The second-order valence-corrected chi connectivity index (χ2v) is 9.08. The molecule has 4 rings (SSSR count). The molecule has 30 heavy (non-hydrogen) atoms. The van der Waals surface area contributed by atoms with E-state index in [1.807, 2.05) is 0 Å². The molecule has 2 aliphatic rings. The van der Waals surface area contributed by atoms with Crippen molar-refractivity contribution < 1.29 is 23.9 Å². The van der Waals surface area contributed by atoms with Gasteiger partial charge in [-0.1, -0.05) is 47.5 Å². The van der Waals surface area contributed by atoms with E-state index in [9.17, 15) is 14.4 Å². The number of carbonyl (C=O) groups excluding carboxylic acids is 3. The first-order chi connectivity index (χ1) is 14.1. The van der Waals surface area contributed by atoms with Gasteiger partial charge in [0.05, 0.1) is 0 Å². The van der Waals surface area contributed by atoms with Gasteiger partial charge < -0.3 is 9.47 Å². The predicted octanol–water partition coefficient (Wildman–Crippen LogP) is 5.05. The average molecular weight is 447 g/mol. The van der Waals surface area contributed by atoms with Gasteiger partial charge in [-0.05, 0) is 35.4 Å². The number of Topliss-reactive ketones (excluding diaryl/α,β-unsaturated/α-hetero) is 1. The molecule has 0 radical (unpaired) electrons. The van der Waals surface area contributed by atoms with Crippen LogP contribution < -0.4 is 0 Å². The first-order valence-electron chi connectivity index (χ1n) is 9.63. The van der Waals surface area contributed by atoms with Gasteiger partial charge >= 0.3 is 11.9 Å². The van der Waals surface area contributed by atoms with Gasteiger partial charge in [-0.2, -0.15) is 0 Å². The van der Waals surface area contributed by atoms with E-state index in [-0.39, 0.29) is 18.6 Å². The maximum absolute atomic E-state index is 13.5. The van der Waals surface area contributed by atoms with Crippen molar-refractivity contribution in [2.75, 3.05) is 0 Å². The Morgan fingerprint density at radius 2 is 1.10 bits per heavy atom. The molecular formula is C23H20Cl2O5. The fraction of sp³-hybridized carbons (Fsp3) is 0.348. The lowest BCUT2D eigenvalue weighted by molar-refractivity contribution is -0.256. The maximum atomic E-state index is 13.5. The molecule has 0 amide bonds. The smallest absolute Gasteiger partial charge is 0.328 e. The standard InChI is InChI=1S/C23H20Cl2O5/c1-22(2)29-20(27)23(21(28)30-22)18(13-3-7-15(24)8-4-13)11-17(26)12-19(23)14-5-9-16(25)10-6-14/h3-10,18-19H,11-12H2,1-2H3. The van der Waals surface area contributed by atoms with Crippen LogP contribution in [0.25, 0.3) is 0 Å². The van der Waals surface area contributed by atoms with Crippen molar-refractivity contribution in [1.29, 1.82) is 0 Å². The van der Waals surface area contributed by atoms with Crippen molar-refractivity contribution in [3.05, 3.63) is 69.7 Å². The lowest BCUT2D eigenvalue weighted by atomic mass is 9.55. The molecule has 2 aromatic carbocycles. The Balaban J connectivity index is 1.93. The molecule has 0 N–H and O–H groups in total. The summed E-state index contributed by atoms with van der Waals surface area (Å²) < 4.78 is 11.2. The largest absolute Gasteiger partial charge is 0.422 e. The molecule has 1 saturated heterocycles. The third-order valence-electron chi connectivity index (χ3n) is 5.86. The maximum Gasteiger partial charge on any atom is 0.328 e. The summed E-state index contributed by atoms with van der Waals surface area (Å²) in [5, 5.41) is 1.03. The summed E-state index contributed by atoms with van der Waals surface area (Å²) in [6.45, 7) is 3.02. The zero-order chi connectivity index (χ0) is 21.7. The molecular weight excluding hydrogens is 427 g/mol. The van der Waals surface area contributed by atoms with Crippen LogP contribution in [0, 0.1) is 5.41 Å². The third kappa shape index (κ3) is 3.40. The fourth-order valence-electron chi connectivity index (χ4n) is 4.54. The Morgan fingerprint density at radius 1 is 0.733 bits per heavy atom. The number of hydrogen-bond donors (Lipinski definition) is 0. The van der Waals surface area contributed by atoms with Gasteiger partial charge in [0.15, 0.2) is 5.41 Å². The van der Waals surface area contributed by atoms with Crippen molar-refractivity contribution >= 4 is 40.9 Å². The second-order valence-electron chi connectivity index (χ2n) is 8.20. The first kappa shape index (κ1) is 20.9. The summed E-state index contributed by atoms with van der Waals surface area (Å²) in [4.78, 5) is 39.8. The van der Waals surface area contributed by atoms with Crippen LogP contribution in [-0.2, 0) is 23.9 Å². The Labute approximate surface area is 184 Å². The predicted molar refractivity (Wildman–Crippen MR) is 111 cm³/mol. The monoisotopic (exact) mass is 446 g/mol. The van der Waals surface area contributed by atoms with Crippen LogP contribution in [-0.4, -0.2) is 23.5 Å². The molecule has 0 aromatic heterocycles. The van der Waals surface area contributed by atoms with Crippen LogP contribution in [0.15, 0.2) is 48.5 Å². The number of ether oxygens (including phenoxy) is 2. The van der Waals surface area contributed by atoms with E-state index < -0.39 is 35.0 Å². The highest BCUT2D eigenvalue weighted by molar-refractivity contribution is 6.30. The molecule has 1 saturated carbocycles. The van der Waals surface area contributed by atoms with E-state index in [1.54, 1.807) is 48.5 Å². The number of carbonyl (C=O) groups is 3. The SMILES string of the molecule is CC1(C)OC(=O)C2(C(=O)O1)C(c1ccc(Cl)cc1)CC(=O)CC2c1ccc(Cl)cc1. The van der Waals surface area contributed by atoms with Crippen molar-refractivity contribution in [2.45, 2.75) is 44.3 Å². The molecule has 1 spiro atoms. The Kier molecular flexibility index (Phi) is 5.15. The highest BCUT2D eigenvalue weighted by Gasteiger charge is 2.67. The number of rotatable bonds is 2. The normalized spacial score (nSPS) is 25.0. The third-order valence-corrected chi connectivity index (χ3v) is 6.36. The van der Waals surface area contributed by atoms with E-state index in [0.717, 1.165) is 0 Å². The van der Waals surface area contributed by atoms with Crippen molar-refractivity contribution in [3.63, 3.8) is 0 Å².